The van der Waals surface area contributed by atoms with Crippen LogP contribution in [0.1, 0.15) is 22.8 Å². The van der Waals surface area contributed by atoms with E-state index >= 15 is 0 Å². The van der Waals surface area contributed by atoms with E-state index in [0.29, 0.717) is 28.0 Å². The highest BCUT2D eigenvalue weighted by atomic mass is 35.5. The molecule has 4 nitrogen and oxygen atoms in total. The third kappa shape index (κ3) is 1.91. The molecule has 88 valence electrons. The van der Waals surface area contributed by atoms with E-state index in [1.165, 1.54) is 0 Å². The molecule has 0 saturated heterocycles. The van der Waals surface area contributed by atoms with Gasteiger partial charge in [-0.2, -0.15) is 0 Å². The van der Waals surface area contributed by atoms with Gasteiger partial charge in [0.1, 0.15) is 11.1 Å². The Hall–Kier alpha value is -1.81. The molecule has 0 aliphatic heterocycles. The number of aryl methyl sites for hydroxylation is 1. The van der Waals surface area contributed by atoms with Crippen LogP contribution in [0.4, 0.5) is 0 Å². The van der Waals surface area contributed by atoms with Crippen LogP contribution in [0.5, 0.6) is 0 Å². The minimum Gasteiger partial charge on any atom is -0.477 e. The smallest absolute Gasteiger partial charge is 0.351 e. The molecule has 0 atom stereocenters. The third-order valence-electron chi connectivity index (χ3n) is 2.54. The molecule has 2 aromatic rings. The van der Waals surface area contributed by atoms with Gasteiger partial charge < -0.3 is 9.52 Å². The van der Waals surface area contributed by atoms with E-state index in [2.05, 4.69) is 0 Å². The van der Waals surface area contributed by atoms with Gasteiger partial charge >= 0.3 is 11.6 Å². The molecule has 0 amide bonds. The highest BCUT2D eigenvalue weighted by Crippen LogP contribution is 2.24. The second kappa shape index (κ2) is 4.22. The summed E-state index contributed by atoms with van der Waals surface area (Å²) < 4.78 is 4.96. The first kappa shape index (κ1) is 11.7. The molecule has 0 spiro atoms. The first-order valence-corrected chi connectivity index (χ1v) is 5.41. The van der Waals surface area contributed by atoms with Crippen molar-refractivity contribution < 1.29 is 14.3 Å². The summed E-state index contributed by atoms with van der Waals surface area (Å²) in [6.07, 6.45) is 0.421. The quantitative estimate of drug-likeness (QED) is 0.835. The van der Waals surface area contributed by atoms with Crippen molar-refractivity contribution in [3.8, 4) is 0 Å². The summed E-state index contributed by atoms with van der Waals surface area (Å²) in [5.41, 5.74) is -0.348. The number of hydrogen-bond acceptors (Lipinski definition) is 3. The Morgan fingerprint density at radius 1 is 1.47 bits per heavy atom. The van der Waals surface area contributed by atoms with Gasteiger partial charge in [0.05, 0.1) is 0 Å². The van der Waals surface area contributed by atoms with Crippen LogP contribution in [0.25, 0.3) is 11.0 Å². The van der Waals surface area contributed by atoms with Crippen molar-refractivity contribution in [3.63, 3.8) is 0 Å². The van der Waals surface area contributed by atoms with Gasteiger partial charge in [-0.3, -0.25) is 0 Å². The molecule has 1 N–H and O–H groups in total. The molecule has 17 heavy (non-hydrogen) atoms. The van der Waals surface area contributed by atoms with Gasteiger partial charge in [-0.1, -0.05) is 18.5 Å². The molecule has 0 saturated carbocycles. The number of fused-ring (bicyclic) bond motifs is 1. The minimum absolute atomic E-state index is 0.317. The van der Waals surface area contributed by atoms with Crippen molar-refractivity contribution in [2.45, 2.75) is 13.3 Å². The van der Waals surface area contributed by atoms with Crippen LogP contribution >= 0.6 is 11.6 Å². The largest absolute Gasteiger partial charge is 0.477 e. The fraction of sp³-hybridized carbons (Fsp3) is 0.167. The maximum Gasteiger partial charge on any atom is 0.351 e. The zero-order chi connectivity index (χ0) is 12.6. The summed E-state index contributed by atoms with van der Waals surface area (Å²) in [5, 5.41) is 10.0. The van der Waals surface area contributed by atoms with Gasteiger partial charge in [-0.15, -0.1) is 0 Å². The van der Waals surface area contributed by atoms with Gasteiger partial charge in [-0.25, -0.2) is 9.59 Å². The van der Waals surface area contributed by atoms with E-state index in [4.69, 9.17) is 21.1 Å². The summed E-state index contributed by atoms with van der Waals surface area (Å²) >= 11 is 5.85. The molecular weight excluding hydrogens is 244 g/mol. The molecule has 0 radical (unpaired) electrons. The molecule has 5 heteroatoms. The lowest BCUT2D eigenvalue weighted by atomic mass is 10.0. The highest BCUT2D eigenvalue weighted by Gasteiger charge is 2.19. The molecule has 0 bridgehead atoms. The van der Waals surface area contributed by atoms with Crippen LogP contribution in [0.3, 0.4) is 0 Å². The van der Waals surface area contributed by atoms with Crippen LogP contribution in [0.2, 0.25) is 5.02 Å². The van der Waals surface area contributed by atoms with E-state index in [1.54, 1.807) is 25.1 Å². The number of rotatable bonds is 2. The van der Waals surface area contributed by atoms with Crippen molar-refractivity contribution in [2.24, 2.45) is 0 Å². The fourth-order valence-electron chi connectivity index (χ4n) is 1.82. The minimum atomic E-state index is -1.28. The standard InChI is InChI=1S/C12H9ClO4/c1-2-7-8-5-6(13)3-4-9(8)17-12(16)10(7)11(14)15/h3-5H,2H2,1H3,(H,14,15). The lowest BCUT2D eigenvalue weighted by Gasteiger charge is -2.06. The number of carbonyl (C=O) groups is 1. The Morgan fingerprint density at radius 3 is 2.76 bits per heavy atom. The predicted molar refractivity (Wildman–Crippen MR) is 63.8 cm³/mol. The van der Waals surface area contributed by atoms with Gasteiger partial charge in [0.25, 0.3) is 0 Å². The number of halogens is 1. The molecule has 0 aliphatic carbocycles. The van der Waals surface area contributed by atoms with E-state index in [0.717, 1.165) is 0 Å². The van der Waals surface area contributed by atoms with E-state index in [9.17, 15) is 9.59 Å². The first-order valence-electron chi connectivity index (χ1n) is 5.03. The van der Waals surface area contributed by atoms with Crippen LogP contribution in [0, 0.1) is 0 Å². The zero-order valence-electron chi connectivity index (χ0n) is 8.99. The fourth-order valence-corrected chi connectivity index (χ4v) is 1.99. The second-order valence-electron chi connectivity index (χ2n) is 3.54. The summed E-state index contributed by atoms with van der Waals surface area (Å²) in [5.74, 6) is -1.28. The number of benzene rings is 1. The highest BCUT2D eigenvalue weighted by molar-refractivity contribution is 6.31. The topological polar surface area (TPSA) is 67.5 Å². The van der Waals surface area contributed by atoms with Crippen molar-refractivity contribution in [3.05, 3.63) is 44.8 Å². The zero-order valence-corrected chi connectivity index (χ0v) is 9.75. The van der Waals surface area contributed by atoms with Crippen LogP contribution < -0.4 is 5.63 Å². The van der Waals surface area contributed by atoms with Crippen molar-refractivity contribution in [2.75, 3.05) is 0 Å². The lowest BCUT2D eigenvalue weighted by Crippen LogP contribution is -2.17. The predicted octanol–water partition coefficient (Wildman–Crippen LogP) is 2.71. The van der Waals surface area contributed by atoms with Crippen molar-refractivity contribution in [1.82, 2.24) is 0 Å². The first-order chi connectivity index (χ1) is 8.04. The average Bonchev–Trinajstić information content (AvgIpc) is 2.27. The maximum atomic E-state index is 11.6. The summed E-state index contributed by atoms with van der Waals surface area (Å²) in [6, 6.07) is 4.75. The summed E-state index contributed by atoms with van der Waals surface area (Å²) in [6.45, 7) is 1.78. The molecule has 0 fully saturated rings. The molecule has 2 rings (SSSR count). The monoisotopic (exact) mass is 252 g/mol. The number of carboxylic acid groups (broad SMARTS) is 1. The number of carboxylic acids is 1. The van der Waals surface area contributed by atoms with Crippen LogP contribution in [-0.4, -0.2) is 11.1 Å². The Labute approximate surface area is 101 Å². The Kier molecular flexibility index (Phi) is 2.90. The van der Waals surface area contributed by atoms with Gasteiger partial charge in [0, 0.05) is 10.4 Å². The van der Waals surface area contributed by atoms with E-state index in [-0.39, 0.29) is 5.56 Å². The van der Waals surface area contributed by atoms with Gasteiger partial charge in [0.2, 0.25) is 0 Å². The molecule has 1 aromatic carbocycles. The molecule has 0 unspecified atom stereocenters. The molecule has 1 aromatic heterocycles. The Bertz CT molecular complexity index is 657. The Morgan fingerprint density at radius 2 is 2.18 bits per heavy atom. The molecule has 1 heterocycles. The second-order valence-corrected chi connectivity index (χ2v) is 3.98. The average molecular weight is 253 g/mol. The lowest BCUT2D eigenvalue weighted by molar-refractivity contribution is 0.0691. The maximum absolute atomic E-state index is 11.6. The van der Waals surface area contributed by atoms with Gasteiger partial charge in [-0.05, 0) is 30.2 Å². The van der Waals surface area contributed by atoms with Gasteiger partial charge in [0.15, 0.2) is 0 Å². The van der Waals surface area contributed by atoms with Crippen molar-refractivity contribution >= 4 is 28.5 Å². The van der Waals surface area contributed by atoms with Crippen LogP contribution in [0.15, 0.2) is 27.4 Å². The molecular formula is C12H9ClO4. The van der Waals surface area contributed by atoms with Crippen molar-refractivity contribution in [1.29, 1.82) is 0 Å². The summed E-state index contributed by atoms with van der Waals surface area (Å²) in [4.78, 5) is 22.6. The SMILES string of the molecule is CCc1c(C(=O)O)c(=O)oc2ccc(Cl)cc12. The summed E-state index contributed by atoms with van der Waals surface area (Å²) in [7, 11) is 0. The number of aromatic carboxylic acids is 1. The normalized spacial score (nSPS) is 10.7. The van der Waals surface area contributed by atoms with Crippen LogP contribution in [-0.2, 0) is 6.42 Å². The van der Waals surface area contributed by atoms with E-state index in [1.807, 2.05) is 0 Å². The third-order valence-corrected chi connectivity index (χ3v) is 2.78. The van der Waals surface area contributed by atoms with E-state index < -0.39 is 11.6 Å². The Balaban J connectivity index is 2.97. The number of hydrogen-bond donors (Lipinski definition) is 1. The molecule has 0 aliphatic rings.